The van der Waals surface area contributed by atoms with Gasteiger partial charge in [0.25, 0.3) is 0 Å². The first-order chi connectivity index (χ1) is 5.44. The average molecular weight is 167 g/mol. The van der Waals surface area contributed by atoms with Crippen molar-refractivity contribution >= 4 is 6.03 Å². The standard InChI is InChI=1S/C8H13N3O/c1-8(2,3)10-7(12)11-5-6(11)4-9/h6H,5H2,1-3H3,(H,10,12). The summed E-state index contributed by atoms with van der Waals surface area (Å²) in [4.78, 5) is 12.8. The minimum Gasteiger partial charge on any atom is -0.333 e. The van der Waals surface area contributed by atoms with Crippen molar-refractivity contribution in [1.29, 1.82) is 5.26 Å². The Kier molecular flexibility index (Phi) is 1.97. The highest BCUT2D eigenvalue weighted by Gasteiger charge is 2.39. The maximum absolute atomic E-state index is 11.3. The van der Waals surface area contributed by atoms with E-state index in [1.165, 1.54) is 4.90 Å². The SMILES string of the molecule is CC(C)(C)NC(=O)N1CC1C#N. The normalized spacial score (nSPS) is 21.5. The van der Waals surface area contributed by atoms with Crippen LogP contribution in [0.15, 0.2) is 0 Å². The fourth-order valence-corrected chi connectivity index (χ4v) is 0.867. The predicted molar refractivity (Wildman–Crippen MR) is 44.4 cm³/mol. The molecule has 0 aromatic heterocycles. The molecular formula is C8H13N3O. The maximum atomic E-state index is 11.3. The van der Waals surface area contributed by atoms with Crippen LogP contribution >= 0.6 is 0 Å². The number of hydrogen-bond donors (Lipinski definition) is 1. The molecule has 1 unspecified atom stereocenters. The monoisotopic (exact) mass is 167 g/mol. The van der Waals surface area contributed by atoms with Gasteiger partial charge < -0.3 is 10.2 Å². The molecule has 0 spiro atoms. The molecule has 2 amide bonds. The molecule has 4 heteroatoms. The number of amides is 2. The fourth-order valence-electron chi connectivity index (χ4n) is 0.867. The molecule has 1 saturated heterocycles. The van der Waals surface area contributed by atoms with Crippen molar-refractivity contribution in [3.8, 4) is 6.07 Å². The van der Waals surface area contributed by atoms with Gasteiger partial charge in [-0.3, -0.25) is 0 Å². The van der Waals surface area contributed by atoms with Crippen LogP contribution in [-0.2, 0) is 0 Å². The lowest BCUT2D eigenvalue weighted by atomic mass is 10.1. The molecule has 1 aliphatic rings. The summed E-state index contributed by atoms with van der Waals surface area (Å²) in [7, 11) is 0. The zero-order valence-corrected chi connectivity index (χ0v) is 7.59. The van der Waals surface area contributed by atoms with E-state index >= 15 is 0 Å². The Morgan fingerprint density at radius 1 is 1.67 bits per heavy atom. The molecule has 1 atom stereocenters. The van der Waals surface area contributed by atoms with Crippen LogP contribution in [0.4, 0.5) is 4.79 Å². The number of nitrogens with zero attached hydrogens (tertiary/aromatic N) is 2. The lowest BCUT2D eigenvalue weighted by Gasteiger charge is -2.20. The van der Waals surface area contributed by atoms with Crippen LogP contribution in [0.5, 0.6) is 0 Å². The third-order valence-electron chi connectivity index (χ3n) is 1.50. The second kappa shape index (κ2) is 2.67. The van der Waals surface area contributed by atoms with Crippen molar-refractivity contribution in [2.45, 2.75) is 32.4 Å². The van der Waals surface area contributed by atoms with E-state index in [2.05, 4.69) is 5.32 Å². The van der Waals surface area contributed by atoms with Crippen LogP contribution in [0.3, 0.4) is 0 Å². The van der Waals surface area contributed by atoms with Crippen molar-refractivity contribution in [3.05, 3.63) is 0 Å². The number of nitriles is 1. The Morgan fingerprint density at radius 2 is 2.25 bits per heavy atom. The van der Waals surface area contributed by atoms with Gasteiger partial charge in [-0.25, -0.2) is 4.79 Å². The van der Waals surface area contributed by atoms with Crippen LogP contribution < -0.4 is 5.32 Å². The first kappa shape index (κ1) is 8.85. The number of rotatable bonds is 0. The molecule has 0 radical (unpaired) electrons. The molecule has 0 aliphatic carbocycles. The summed E-state index contributed by atoms with van der Waals surface area (Å²) in [6, 6.07) is 1.67. The van der Waals surface area contributed by atoms with Crippen LogP contribution in [-0.4, -0.2) is 29.1 Å². The molecule has 0 bridgehead atoms. The van der Waals surface area contributed by atoms with Gasteiger partial charge in [0, 0.05) is 5.54 Å². The molecule has 0 saturated carbocycles. The summed E-state index contributed by atoms with van der Waals surface area (Å²) in [6.07, 6.45) is 0. The molecular weight excluding hydrogens is 154 g/mol. The second-order valence-electron chi connectivity index (χ2n) is 3.98. The summed E-state index contributed by atoms with van der Waals surface area (Å²) < 4.78 is 0. The van der Waals surface area contributed by atoms with Gasteiger partial charge in [0.15, 0.2) is 0 Å². The maximum Gasteiger partial charge on any atom is 0.319 e. The van der Waals surface area contributed by atoms with Gasteiger partial charge in [-0.05, 0) is 20.8 Å². The molecule has 66 valence electrons. The Hall–Kier alpha value is -1.24. The van der Waals surface area contributed by atoms with Crippen molar-refractivity contribution in [2.24, 2.45) is 0 Å². The quantitative estimate of drug-likeness (QED) is 0.540. The lowest BCUT2D eigenvalue weighted by molar-refractivity contribution is 0.219. The van der Waals surface area contributed by atoms with E-state index < -0.39 is 0 Å². The van der Waals surface area contributed by atoms with E-state index in [9.17, 15) is 4.79 Å². The topological polar surface area (TPSA) is 55.9 Å². The summed E-state index contributed by atoms with van der Waals surface area (Å²) in [6.45, 7) is 6.31. The van der Waals surface area contributed by atoms with Gasteiger partial charge >= 0.3 is 6.03 Å². The lowest BCUT2D eigenvalue weighted by Crippen LogP contribution is -2.43. The van der Waals surface area contributed by atoms with Gasteiger partial charge in [0.1, 0.15) is 6.04 Å². The van der Waals surface area contributed by atoms with Crippen molar-refractivity contribution in [2.75, 3.05) is 6.54 Å². The van der Waals surface area contributed by atoms with E-state index in [1.54, 1.807) is 0 Å². The van der Waals surface area contributed by atoms with Crippen molar-refractivity contribution in [3.63, 3.8) is 0 Å². The molecule has 0 aromatic carbocycles. The smallest absolute Gasteiger partial charge is 0.319 e. The molecule has 12 heavy (non-hydrogen) atoms. The minimum atomic E-state index is -0.223. The van der Waals surface area contributed by atoms with Gasteiger partial charge in [-0.2, -0.15) is 5.26 Å². The molecule has 0 aromatic rings. The number of urea groups is 1. The highest BCUT2D eigenvalue weighted by molar-refractivity contribution is 5.78. The number of carbonyl (C=O) groups is 1. The number of carbonyl (C=O) groups excluding carboxylic acids is 1. The second-order valence-corrected chi connectivity index (χ2v) is 3.98. The number of nitrogens with one attached hydrogen (secondary N) is 1. The van der Waals surface area contributed by atoms with Crippen LogP contribution in [0.25, 0.3) is 0 Å². The van der Waals surface area contributed by atoms with Crippen molar-refractivity contribution in [1.82, 2.24) is 10.2 Å². The van der Waals surface area contributed by atoms with E-state index in [4.69, 9.17) is 5.26 Å². The highest BCUT2D eigenvalue weighted by atomic mass is 16.2. The van der Waals surface area contributed by atoms with Crippen LogP contribution in [0.1, 0.15) is 20.8 Å². The summed E-state index contributed by atoms with van der Waals surface area (Å²) in [5.41, 5.74) is -0.223. The molecule has 1 N–H and O–H groups in total. The number of hydrogen-bond acceptors (Lipinski definition) is 2. The predicted octanol–water partition coefficient (Wildman–Crippen LogP) is 0.702. The third-order valence-corrected chi connectivity index (χ3v) is 1.50. The van der Waals surface area contributed by atoms with Crippen molar-refractivity contribution < 1.29 is 4.79 Å². The molecule has 4 nitrogen and oxygen atoms in total. The van der Waals surface area contributed by atoms with Gasteiger partial charge in [-0.1, -0.05) is 0 Å². The average Bonchev–Trinajstić information content (AvgIpc) is 2.60. The molecule has 1 aliphatic heterocycles. The van der Waals surface area contributed by atoms with E-state index in [-0.39, 0.29) is 17.6 Å². The summed E-state index contributed by atoms with van der Waals surface area (Å²) >= 11 is 0. The summed E-state index contributed by atoms with van der Waals surface area (Å²) in [5, 5.41) is 11.2. The van der Waals surface area contributed by atoms with E-state index in [0.717, 1.165) is 0 Å². The minimum absolute atomic E-state index is 0.144. The van der Waals surface area contributed by atoms with Gasteiger partial charge in [0.05, 0.1) is 12.6 Å². The van der Waals surface area contributed by atoms with Crippen LogP contribution in [0, 0.1) is 11.3 Å². The first-order valence-corrected chi connectivity index (χ1v) is 3.92. The molecule has 1 rings (SSSR count). The van der Waals surface area contributed by atoms with Gasteiger partial charge in [-0.15, -0.1) is 0 Å². The summed E-state index contributed by atoms with van der Waals surface area (Å²) in [5.74, 6) is 0. The zero-order valence-electron chi connectivity index (χ0n) is 7.59. The fraction of sp³-hybridized carbons (Fsp3) is 0.750. The van der Waals surface area contributed by atoms with Crippen LogP contribution in [0.2, 0.25) is 0 Å². The van der Waals surface area contributed by atoms with Gasteiger partial charge in [0.2, 0.25) is 0 Å². The Labute approximate surface area is 72.2 Å². The highest BCUT2D eigenvalue weighted by Crippen LogP contribution is 2.16. The molecule has 1 heterocycles. The Morgan fingerprint density at radius 3 is 2.58 bits per heavy atom. The first-order valence-electron chi connectivity index (χ1n) is 3.92. The third kappa shape index (κ3) is 2.12. The zero-order chi connectivity index (χ0) is 9.35. The van der Waals surface area contributed by atoms with E-state index in [1.807, 2.05) is 26.8 Å². The molecule has 1 fully saturated rings. The largest absolute Gasteiger partial charge is 0.333 e. The van der Waals surface area contributed by atoms with E-state index in [0.29, 0.717) is 6.54 Å². The Bertz CT molecular complexity index is 236. The Balaban J connectivity index is 2.38.